The van der Waals surface area contributed by atoms with Gasteiger partial charge in [0.05, 0.1) is 6.54 Å². The maximum Gasteiger partial charge on any atom is 0.273 e. The van der Waals surface area contributed by atoms with E-state index in [1.54, 1.807) is 11.0 Å². The van der Waals surface area contributed by atoms with Crippen molar-refractivity contribution in [3.05, 3.63) is 53.3 Å². The molecule has 2 heterocycles. The van der Waals surface area contributed by atoms with Crippen molar-refractivity contribution in [2.24, 2.45) is 0 Å². The van der Waals surface area contributed by atoms with Crippen LogP contribution in [0.1, 0.15) is 85.3 Å². The highest BCUT2D eigenvalue weighted by atomic mass is 16.2. The van der Waals surface area contributed by atoms with Crippen molar-refractivity contribution in [1.29, 1.82) is 0 Å². The summed E-state index contributed by atoms with van der Waals surface area (Å²) >= 11 is 0. The molecular formula is C27H37N5O3. The minimum atomic E-state index is -1.04. The molecule has 0 bridgehead atoms. The Hall–Kier alpha value is -3.16. The Kier molecular flexibility index (Phi) is 7.88. The number of nitrogens with zero attached hydrogens (tertiary/aromatic N) is 3. The summed E-state index contributed by atoms with van der Waals surface area (Å²) in [5, 5.41) is 10.5. The molecule has 0 radical (unpaired) electrons. The van der Waals surface area contributed by atoms with Gasteiger partial charge in [0.15, 0.2) is 5.69 Å². The summed E-state index contributed by atoms with van der Waals surface area (Å²) in [5.41, 5.74) is 0.759. The monoisotopic (exact) mass is 479 g/mol. The minimum Gasteiger partial charge on any atom is -0.351 e. The third-order valence-corrected chi connectivity index (χ3v) is 7.22. The molecular weight excluding hydrogens is 442 g/mol. The maximum atomic E-state index is 13.5. The third kappa shape index (κ3) is 5.57. The van der Waals surface area contributed by atoms with Crippen LogP contribution in [0.25, 0.3) is 0 Å². The molecule has 4 rings (SSSR count). The van der Waals surface area contributed by atoms with E-state index in [0.717, 1.165) is 51.4 Å². The fourth-order valence-electron chi connectivity index (χ4n) is 5.06. The van der Waals surface area contributed by atoms with E-state index >= 15 is 0 Å². The first-order valence-electron chi connectivity index (χ1n) is 13.0. The number of benzene rings is 1. The SMILES string of the molecule is CCCCN1C(=O)c2cc(C(=O)NCCCc3ccccc3)nn2C[C@]1(C)C(=O)NC1CCCC1. The van der Waals surface area contributed by atoms with Crippen molar-refractivity contribution in [2.45, 2.75) is 83.3 Å². The molecule has 1 aliphatic carbocycles. The molecule has 35 heavy (non-hydrogen) atoms. The van der Waals surface area contributed by atoms with Crippen LogP contribution in [0.15, 0.2) is 36.4 Å². The summed E-state index contributed by atoms with van der Waals surface area (Å²) in [6, 6.07) is 11.9. The zero-order valence-electron chi connectivity index (χ0n) is 20.9. The maximum absolute atomic E-state index is 13.5. The number of rotatable bonds is 10. The van der Waals surface area contributed by atoms with Gasteiger partial charge in [0.25, 0.3) is 11.8 Å². The molecule has 3 amide bonds. The number of hydrogen-bond donors (Lipinski definition) is 2. The number of hydrogen-bond acceptors (Lipinski definition) is 4. The van der Waals surface area contributed by atoms with Gasteiger partial charge >= 0.3 is 0 Å². The zero-order chi connectivity index (χ0) is 24.8. The first kappa shape index (κ1) is 24.9. The van der Waals surface area contributed by atoms with Crippen molar-refractivity contribution in [1.82, 2.24) is 25.3 Å². The molecule has 1 aromatic heterocycles. The molecule has 188 valence electrons. The van der Waals surface area contributed by atoms with E-state index in [2.05, 4.69) is 34.8 Å². The zero-order valence-corrected chi connectivity index (χ0v) is 20.9. The van der Waals surface area contributed by atoms with Gasteiger partial charge in [-0.3, -0.25) is 19.1 Å². The molecule has 0 saturated heterocycles. The second-order valence-corrected chi connectivity index (χ2v) is 9.96. The van der Waals surface area contributed by atoms with Crippen LogP contribution in [0.4, 0.5) is 0 Å². The molecule has 2 aliphatic rings. The Morgan fingerprint density at radius 2 is 1.89 bits per heavy atom. The Morgan fingerprint density at radius 1 is 1.14 bits per heavy atom. The molecule has 1 aliphatic heterocycles. The summed E-state index contributed by atoms with van der Waals surface area (Å²) in [6.45, 7) is 5.13. The van der Waals surface area contributed by atoms with Gasteiger partial charge < -0.3 is 15.5 Å². The van der Waals surface area contributed by atoms with Gasteiger partial charge in [0.1, 0.15) is 11.2 Å². The van der Waals surface area contributed by atoms with Crippen LogP contribution in [0.3, 0.4) is 0 Å². The van der Waals surface area contributed by atoms with Crippen molar-refractivity contribution in [3.63, 3.8) is 0 Å². The van der Waals surface area contributed by atoms with Crippen molar-refractivity contribution >= 4 is 17.7 Å². The lowest BCUT2D eigenvalue weighted by Gasteiger charge is -2.43. The number of carbonyl (C=O) groups excluding carboxylic acids is 3. The van der Waals surface area contributed by atoms with Crippen LogP contribution in [0.5, 0.6) is 0 Å². The van der Waals surface area contributed by atoms with Crippen molar-refractivity contribution in [3.8, 4) is 0 Å². The number of carbonyl (C=O) groups is 3. The largest absolute Gasteiger partial charge is 0.351 e. The first-order chi connectivity index (χ1) is 16.9. The Morgan fingerprint density at radius 3 is 2.60 bits per heavy atom. The highest BCUT2D eigenvalue weighted by molar-refractivity contribution is 6.01. The second kappa shape index (κ2) is 11.1. The highest BCUT2D eigenvalue weighted by Gasteiger charge is 2.48. The lowest BCUT2D eigenvalue weighted by atomic mass is 9.94. The predicted octanol–water partition coefficient (Wildman–Crippen LogP) is 3.32. The molecule has 8 heteroatoms. The van der Waals surface area contributed by atoms with E-state index in [9.17, 15) is 14.4 Å². The minimum absolute atomic E-state index is 0.137. The summed E-state index contributed by atoms with van der Waals surface area (Å²) in [6.07, 6.45) is 7.60. The summed E-state index contributed by atoms with van der Waals surface area (Å²) in [7, 11) is 0. The van der Waals surface area contributed by atoms with E-state index in [-0.39, 0.29) is 36.0 Å². The van der Waals surface area contributed by atoms with Gasteiger partial charge in [-0.2, -0.15) is 5.10 Å². The predicted molar refractivity (Wildman–Crippen MR) is 134 cm³/mol. The average molecular weight is 480 g/mol. The van der Waals surface area contributed by atoms with E-state index in [1.807, 2.05) is 25.1 Å². The Balaban J connectivity index is 1.45. The smallest absolute Gasteiger partial charge is 0.273 e. The lowest BCUT2D eigenvalue weighted by Crippen LogP contribution is -2.65. The average Bonchev–Trinajstić information content (AvgIpc) is 3.52. The first-order valence-corrected chi connectivity index (χ1v) is 13.0. The second-order valence-electron chi connectivity index (χ2n) is 9.96. The van der Waals surface area contributed by atoms with Gasteiger partial charge in [-0.1, -0.05) is 56.5 Å². The topological polar surface area (TPSA) is 96.3 Å². The molecule has 1 saturated carbocycles. The van der Waals surface area contributed by atoms with Gasteiger partial charge in [0.2, 0.25) is 5.91 Å². The summed E-state index contributed by atoms with van der Waals surface area (Å²) < 4.78 is 1.54. The number of nitrogens with one attached hydrogen (secondary N) is 2. The molecule has 2 N–H and O–H groups in total. The quantitative estimate of drug-likeness (QED) is 0.511. The van der Waals surface area contributed by atoms with Crippen LogP contribution in [-0.4, -0.2) is 57.1 Å². The molecule has 2 aromatic rings. The molecule has 0 spiro atoms. The normalized spacial score (nSPS) is 20.1. The fraction of sp³-hybridized carbons (Fsp3) is 0.556. The van der Waals surface area contributed by atoms with E-state index in [0.29, 0.717) is 18.8 Å². The van der Waals surface area contributed by atoms with Gasteiger partial charge in [-0.15, -0.1) is 0 Å². The summed E-state index contributed by atoms with van der Waals surface area (Å²) in [4.78, 5) is 41.3. The number of aryl methyl sites for hydroxylation is 1. The van der Waals surface area contributed by atoms with Crippen molar-refractivity contribution < 1.29 is 14.4 Å². The lowest BCUT2D eigenvalue weighted by molar-refractivity contribution is -0.133. The molecule has 8 nitrogen and oxygen atoms in total. The van der Waals surface area contributed by atoms with Gasteiger partial charge in [-0.05, 0) is 44.6 Å². The molecule has 1 atom stereocenters. The van der Waals surface area contributed by atoms with E-state index < -0.39 is 5.54 Å². The molecule has 0 unspecified atom stereocenters. The van der Waals surface area contributed by atoms with Gasteiger partial charge in [-0.25, -0.2) is 0 Å². The standard InChI is InChI=1S/C27H37N5O3/c1-3-4-17-31-25(34)23-18-22(24(33)28-16-10-13-20-11-6-5-7-12-20)30-32(23)19-27(31,2)26(35)29-21-14-8-9-15-21/h5-7,11-12,18,21H,3-4,8-10,13-17,19H2,1-2H3,(H,28,33)(H,29,35)/t27-/m1/s1. The number of aromatic nitrogens is 2. The number of amides is 3. The summed E-state index contributed by atoms with van der Waals surface area (Å²) in [5.74, 6) is -0.684. The van der Waals surface area contributed by atoms with Crippen LogP contribution in [0, 0.1) is 0 Å². The molecule has 1 aromatic carbocycles. The Labute approximate surface area is 207 Å². The van der Waals surface area contributed by atoms with Crippen LogP contribution >= 0.6 is 0 Å². The highest BCUT2D eigenvalue weighted by Crippen LogP contribution is 2.29. The number of fused-ring (bicyclic) bond motifs is 1. The Bertz CT molecular complexity index is 1040. The van der Waals surface area contributed by atoms with Crippen LogP contribution in [-0.2, 0) is 17.8 Å². The van der Waals surface area contributed by atoms with Crippen LogP contribution < -0.4 is 10.6 Å². The van der Waals surface area contributed by atoms with Crippen molar-refractivity contribution in [2.75, 3.05) is 13.1 Å². The third-order valence-electron chi connectivity index (χ3n) is 7.22. The van der Waals surface area contributed by atoms with E-state index in [4.69, 9.17) is 0 Å². The fourth-order valence-corrected chi connectivity index (χ4v) is 5.06. The van der Waals surface area contributed by atoms with Crippen LogP contribution in [0.2, 0.25) is 0 Å². The molecule has 1 fully saturated rings. The van der Waals surface area contributed by atoms with E-state index in [1.165, 1.54) is 10.2 Å². The van der Waals surface area contributed by atoms with Gasteiger partial charge in [0, 0.05) is 25.2 Å². The number of unbranched alkanes of at least 4 members (excludes halogenated alkanes) is 1.